The molecule has 0 amide bonds. The van der Waals surface area contributed by atoms with Crippen LogP contribution in [0.4, 0.5) is 0 Å². The van der Waals surface area contributed by atoms with Crippen molar-refractivity contribution in [3.05, 3.63) is 36.3 Å². The third kappa shape index (κ3) is 1.99. The van der Waals surface area contributed by atoms with Crippen molar-refractivity contribution in [1.29, 1.82) is 0 Å². The van der Waals surface area contributed by atoms with E-state index in [0.717, 1.165) is 17.0 Å². The highest BCUT2D eigenvalue weighted by Crippen LogP contribution is 2.22. The Morgan fingerprint density at radius 1 is 1.35 bits per heavy atom. The van der Waals surface area contributed by atoms with Gasteiger partial charge in [-0.25, -0.2) is 9.78 Å². The van der Waals surface area contributed by atoms with Crippen LogP contribution in [0.1, 0.15) is 10.6 Å². The van der Waals surface area contributed by atoms with E-state index in [1.807, 2.05) is 24.3 Å². The molecule has 0 radical (unpaired) electrons. The quantitative estimate of drug-likeness (QED) is 0.876. The zero-order valence-electron chi connectivity index (χ0n) is 9.54. The summed E-state index contributed by atoms with van der Waals surface area (Å²) >= 11 is 0. The molecule has 0 aliphatic carbocycles. The van der Waals surface area contributed by atoms with E-state index in [9.17, 15) is 4.79 Å². The molecule has 0 spiro atoms. The number of rotatable bonds is 3. The van der Waals surface area contributed by atoms with Gasteiger partial charge in [0, 0.05) is 12.6 Å². The lowest BCUT2D eigenvalue weighted by atomic mass is 10.1. The van der Waals surface area contributed by atoms with E-state index in [1.165, 1.54) is 0 Å². The van der Waals surface area contributed by atoms with Crippen LogP contribution in [0.3, 0.4) is 0 Å². The van der Waals surface area contributed by atoms with E-state index in [2.05, 4.69) is 4.98 Å². The number of hydrogen-bond acceptors (Lipinski definition) is 3. The summed E-state index contributed by atoms with van der Waals surface area (Å²) in [5.41, 5.74) is 1.65. The predicted molar refractivity (Wildman–Crippen MR) is 62.2 cm³/mol. The molecule has 5 heteroatoms. The molecule has 1 heterocycles. The van der Waals surface area contributed by atoms with E-state index < -0.39 is 5.97 Å². The first-order valence-electron chi connectivity index (χ1n) is 5.03. The van der Waals surface area contributed by atoms with Gasteiger partial charge < -0.3 is 14.4 Å². The molecule has 0 unspecified atom stereocenters. The third-order valence-corrected chi connectivity index (χ3v) is 2.57. The van der Waals surface area contributed by atoms with Gasteiger partial charge in [0.05, 0.1) is 19.0 Å². The Labute approximate surface area is 98.3 Å². The fourth-order valence-corrected chi connectivity index (χ4v) is 1.64. The molecule has 2 aromatic rings. The lowest BCUT2D eigenvalue weighted by Gasteiger charge is -2.05. The minimum atomic E-state index is -1.03. The Kier molecular flexibility index (Phi) is 2.82. The van der Waals surface area contributed by atoms with E-state index in [4.69, 9.17) is 9.84 Å². The molecular formula is C12H12N2O3. The Hall–Kier alpha value is -2.30. The second kappa shape index (κ2) is 4.29. The van der Waals surface area contributed by atoms with Gasteiger partial charge in [-0.2, -0.15) is 0 Å². The number of hydrogen-bond donors (Lipinski definition) is 1. The Morgan fingerprint density at radius 3 is 2.47 bits per heavy atom. The summed E-state index contributed by atoms with van der Waals surface area (Å²) in [4.78, 5) is 14.7. The average molecular weight is 232 g/mol. The third-order valence-electron chi connectivity index (χ3n) is 2.57. The molecule has 0 aliphatic rings. The predicted octanol–water partition coefficient (Wildman–Crippen LogP) is 1.79. The number of carboxylic acids is 1. The standard InChI is InChI=1S/C12H12N2O3/c1-14-10(7-13-11(14)12(15)16)8-3-5-9(17-2)6-4-8/h3-7H,1-2H3,(H,15,16). The highest BCUT2D eigenvalue weighted by Gasteiger charge is 2.13. The SMILES string of the molecule is COc1ccc(-c2cnc(C(=O)O)n2C)cc1. The van der Waals surface area contributed by atoms with Crippen LogP contribution in [0.25, 0.3) is 11.3 Å². The van der Waals surface area contributed by atoms with Crippen LogP contribution in [0.2, 0.25) is 0 Å². The van der Waals surface area contributed by atoms with Gasteiger partial charge in [0.1, 0.15) is 5.75 Å². The van der Waals surface area contributed by atoms with Crippen LogP contribution < -0.4 is 4.74 Å². The number of imidazole rings is 1. The van der Waals surface area contributed by atoms with Crippen molar-refractivity contribution in [2.75, 3.05) is 7.11 Å². The Bertz CT molecular complexity index is 543. The molecule has 1 N–H and O–H groups in total. The molecule has 1 aromatic heterocycles. The zero-order valence-corrected chi connectivity index (χ0v) is 9.54. The summed E-state index contributed by atoms with van der Waals surface area (Å²) in [7, 11) is 3.28. The number of nitrogens with zero attached hydrogens (tertiary/aromatic N) is 2. The van der Waals surface area contributed by atoms with Crippen LogP contribution in [0, 0.1) is 0 Å². The first-order valence-corrected chi connectivity index (χ1v) is 5.03. The van der Waals surface area contributed by atoms with Gasteiger partial charge in [-0.05, 0) is 24.3 Å². The molecule has 88 valence electrons. The molecule has 17 heavy (non-hydrogen) atoms. The summed E-state index contributed by atoms with van der Waals surface area (Å²) in [5, 5.41) is 8.90. The number of carbonyl (C=O) groups is 1. The van der Waals surface area contributed by atoms with Crippen LogP contribution in [-0.2, 0) is 7.05 Å². The maximum Gasteiger partial charge on any atom is 0.372 e. The van der Waals surface area contributed by atoms with Crippen LogP contribution >= 0.6 is 0 Å². The summed E-state index contributed by atoms with van der Waals surface area (Å²) in [5.74, 6) is -0.252. The van der Waals surface area contributed by atoms with Crippen molar-refractivity contribution in [3.8, 4) is 17.0 Å². The topological polar surface area (TPSA) is 64.3 Å². The first kappa shape index (κ1) is 11.2. The number of carboxylic acid groups (broad SMARTS) is 1. The van der Waals surface area contributed by atoms with Gasteiger partial charge in [0.25, 0.3) is 0 Å². The number of aromatic carboxylic acids is 1. The molecule has 2 rings (SSSR count). The van der Waals surface area contributed by atoms with Crippen molar-refractivity contribution in [2.24, 2.45) is 7.05 Å². The van der Waals surface area contributed by atoms with Gasteiger partial charge in [0.2, 0.25) is 5.82 Å². The number of ether oxygens (including phenoxy) is 1. The zero-order chi connectivity index (χ0) is 12.4. The van der Waals surface area contributed by atoms with Crippen molar-refractivity contribution in [1.82, 2.24) is 9.55 Å². The smallest absolute Gasteiger partial charge is 0.372 e. The van der Waals surface area contributed by atoms with Crippen molar-refractivity contribution < 1.29 is 14.6 Å². The second-order valence-electron chi connectivity index (χ2n) is 3.56. The van der Waals surface area contributed by atoms with Crippen molar-refractivity contribution in [2.45, 2.75) is 0 Å². The van der Waals surface area contributed by atoms with Crippen LogP contribution in [-0.4, -0.2) is 27.7 Å². The van der Waals surface area contributed by atoms with Crippen molar-refractivity contribution in [3.63, 3.8) is 0 Å². The lowest BCUT2D eigenvalue weighted by Crippen LogP contribution is -2.06. The number of methoxy groups -OCH3 is 1. The largest absolute Gasteiger partial charge is 0.497 e. The first-order chi connectivity index (χ1) is 8.13. The molecular weight excluding hydrogens is 220 g/mol. The van der Waals surface area contributed by atoms with Gasteiger partial charge in [-0.1, -0.05) is 0 Å². The summed E-state index contributed by atoms with van der Waals surface area (Å²) in [6.45, 7) is 0. The minimum absolute atomic E-state index is 0.0239. The van der Waals surface area contributed by atoms with E-state index in [1.54, 1.807) is 24.9 Å². The fraction of sp³-hybridized carbons (Fsp3) is 0.167. The van der Waals surface area contributed by atoms with Crippen molar-refractivity contribution >= 4 is 5.97 Å². The summed E-state index contributed by atoms with van der Waals surface area (Å²) in [6.07, 6.45) is 1.55. The molecule has 0 saturated heterocycles. The number of benzene rings is 1. The second-order valence-corrected chi connectivity index (χ2v) is 3.56. The fourth-order valence-electron chi connectivity index (χ4n) is 1.64. The highest BCUT2D eigenvalue weighted by molar-refractivity contribution is 5.84. The maximum absolute atomic E-state index is 10.9. The van der Waals surface area contributed by atoms with E-state index in [0.29, 0.717) is 0 Å². The molecule has 1 aromatic carbocycles. The maximum atomic E-state index is 10.9. The molecule has 0 aliphatic heterocycles. The van der Waals surface area contributed by atoms with Gasteiger partial charge in [-0.15, -0.1) is 0 Å². The Balaban J connectivity index is 2.42. The average Bonchev–Trinajstić information content (AvgIpc) is 2.71. The highest BCUT2D eigenvalue weighted by atomic mass is 16.5. The number of aromatic nitrogens is 2. The van der Waals surface area contributed by atoms with E-state index >= 15 is 0 Å². The van der Waals surface area contributed by atoms with Crippen LogP contribution in [0.15, 0.2) is 30.5 Å². The van der Waals surface area contributed by atoms with Crippen LogP contribution in [0.5, 0.6) is 5.75 Å². The molecule has 0 fully saturated rings. The molecule has 0 saturated carbocycles. The monoisotopic (exact) mass is 232 g/mol. The van der Waals surface area contributed by atoms with Gasteiger partial charge in [-0.3, -0.25) is 0 Å². The lowest BCUT2D eigenvalue weighted by molar-refractivity contribution is 0.0680. The summed E-state index contributed by atoms with van der Waals surface area (Å²) < 4.78 is 6.61. The summed E-state index contributed by atoms with van der Waals surface area (Å²) in [6, 6.07) is 7.37. The minimum Gasteiger partial charge on any atom is -0.497 e. The van der Waals surface area contributed by atoms with Gasteiger partial charge >= 0.3 is 5.97 Å². The normalized spacial score (nSPS) is 10.2. The Morgan fingerprint density at radius 2 is 2.00 bits per heavy atom. The van der Waals surface area contributed by atoms with E-state index in [-0.39, 0.29) is 5.82 Å². The van der Waals surface area contributed by atoms with Gasteiger partial charge in [0.15, 0.2) is 0 Å². The molecule has 0 bridgehead atoms. The molecule has 0 atom stereocenters. The molecule has 5 nitrogen and oxygen atoms in total.